The monoisotopic (exact) mass is 551 g/mol. The van der Waals surface area contributed by atoms with Gasteiger partial charge in [-0.1, -0.05) is 11.6 Å². The molecule has 2 saturated carbocycles. The number of nitrogens with one attached hydrogen (secondary N) is 5. The minimum atomic E-state index is -0.337. The summed E-state index contributed by atoms with van der Waals surface area (Å²) in [7, 11) is 0. The molecular formula is C27H34ClN9O2. The van der Waals surface area contributed by atoms with Crippen molar-refractivity contribution in [2.75, 3.05) is 22.5 Å². The molecule has 2 amide bonds. The molecule has 39 heavy (non-hydrogen) atoms. The minimum absolute atomic E-state index is 0.147. The Morgan fingerprint density at radius 1 is 1.00 bits per heavy atom. The Kier molecular flexibility index (Phi) is 7.51. The summed E-state index contributed by atoms with van der Waals surface area (Å²) >= 11 is 5.97. The standard InChI is InChI=1S/C27H34ClN9O2/c28-23-12-20(9-11-30-23)35-27(39)22-15-31-26-21(32-16-3-4-16)14-24(36-37(22)26)33-17-5-7-18(8-6-17)34-25(38)13-19-2-1-10-29-19/h9,11-12,14-19,29,32H,1-8,10,13H2,(H,33,36)(H,34,38)(H,30,35,39). The van der Waals surface area contributed by atoms with Crippen LogP contribution in [0.5, 0.6) is 0 Å². The average molecular weight is 552 g/mol. The molecule has 4 heterocycles. The van der Waals surface area contributed by atoms with Crippen LogP contribution in [0, 0.1) is 0 Å². The second-order valence-corrected chi connectivity index (χ2v) is 11.2. The van der Waals surface area contributed by atoms with Gasteiger partial charge < -0.3 is 26.6 Å². The number of anilines is 3. The predicted octanol–water partition coefficient (Wildman–Crippen LogP) is 3.59. The van der Waals surface area contributed by atoms with Gasteiger partial charge in [0.05, 0.1) is 11.9 Å². The zero-order valence-corrected chi connectivity index (χ0v) is 22.5. The molecule has 3 aromatic rings. The molecule has 2 aliphatic carbocycles. The highest BCUT2D eigenvalue weighted by molar-refractivity contribution is 6.29. The molecule has 1 atom stereocenters. The van der Waals surface area contributed by atoms with E-state index in [0.717, 1.165) is 63.6 Å². The van der Waals surface area contributed by atoms with Gasteiger partial charge in [0.15, 0.2) is 11.3 Å². The van der Waals surface area contributed by atoms with Gasteiger partial charge in [-0.05, 0) is 70.0 Å². The number of fused-ring (bicyclic) bond motifs is 1. The molecule has 3 aliphatic rings. The van der Waals surface area contributed by atoms with E-state index in [-0.39, 0.29) is 23.9 Å². The average Bonchev–Trinajstić information content (AvgIpc) is 3.38. The summed E-state index contributed by atoms with van der Waals surface area (Å²) in [6.45, 7) is 1.01. The number of carbonyl (C=O) groups excluding carboxylic acids is 2. The van der Waals surface area contributed by atoms with Crippen molar-refractivity contribution in [1.29, 1.82) is 0 Å². The van der Waals surface area contributed by atoms with Crippen LogP contribution < -0.4 is 26.6 Å². The smallest absolute Gasteiger partial charge is 0.276 e. The Labute approximate surface area is 231 Å². The first kappa shape index (κ1) is 25.8. The molecule has 5 N–H and O–H groups in total. The number of nitrogens with zero attached hydrogens (tertiary/aromatic N) is 4. The molecule has 0 bridgehead atoms. The molecule has 206 valence electrons. The van der Waals surface area contributed by atoms with E-state index in [4.69, 9.17) is 16.7 Å². The second kappa shape index (κ2) is 11.4. The van der Waals surface area contributed by atoms with Crippen molar-refractivity contribution in [1.82, 2.24) is 30.2 Å². The number of hydrogen-bond donors (Lipinski definition) is 5. The summed E-state index contributed by atoms with van der Waals surface area (Å²) in [5, 5.41) is 21.6. The van der Waals surface area contributed by atoms with Gasteiger partial charge in [-0.25, -0.2) is 14.5 Å². The first-order chi connectivity index (χ1) is 19.0. The Morgan fingerprint density at radius 3 is 2.51 bits per heavy atom. The lowest BCUT2D eigenvalue weighted by atomic mass is 9.91. The van der Waals surface area contributed by atoms with Crippen molar-refractivity contribution in [3.8, 4) is 0 Å². The topological polar surface area (TPSA) is 137 Å². The molecule has 0 spiro atoms. The maximum Gasteiger partial charge on any atom is 0.276 e. The number of aromatic nitrogens is 4. The van der Waals surface area contributed by atoms with Crippen LogP contribution in [0.15, 0.2) is 30.6 Å². The molecular weight excluding hydrogens is 518 g/mol. The maximum absolute atomic E-state index is 13.1. The first-order valence-electron chi connectivity index (χ1n) is 13.9. The van der Waals surface area contributed by atoms with Gasteiger partial charge in [0, 0.05) is 48.5 Å². The summed E-state index contributed by atoms with van der Waals surface area (Å²) in [6.07, 6.45) is 11.8. The number of imidazole rings is 1. The molecule has 1 unspecified atom stereocenters. The number of amides is 2. The van der Waals surface area contributed by atoms with Crippen LogP contribution in [0.2, 0.25) is 5.15 Å². The molecule has 0 aromatic carbocycles. The van der Waals surface area contributed by atoms with Gasteiger partial charge >= 0.3 is 0 Å². The summed E-state index contributed by atoms with van der Waals surface area (Å²) < 4.78 is 1.59. The minimum Gasteiger partial charge on any atom is -0.379 e. The Bertz CT molecular complexity index is 1340. The largest absolute Gasteiger partial charge is 0.379 e. The quantitative estimate of drug-likeness (QED) is 0.254. The van der Waals surface area contributed by atoms with Crippen molar-refractivity contribution in [3.05, 3.63) is 41.4 Å². The molecule has 0 radical (unpaired) electrons. The summed E-state index contributed by atoms with van der Waals surface area (Å²) in [5.74, 6) is 0.494. The second-order valence-electron chi connectivity index (χ2n) is 10.8. The number of carbonyl (C=O) groups is 2. The molecule has 6 rings (SSSR count). The number of halogens is 1. The van der Waals surface area contributed by atoms with E-state index in [9.17, 15) is 9.59 Å². The van der Waals surface area contributed by atoms with Crippen molar-refractivity contribution < 1.29 is 9.59 Å². The van der Waals surface area contributed by atoms with Crippen molar-refractivity contribution in [3.63, 3.8) is 0 Å². The van der Waals surface area contributed by atoms with Gasteiger partial charge in [0.1, 0.15) is 11.0 Å². The fraction of sp³-hybridized carbons (Fsp3) is 0.519. The van der Waals surface area contributed by atoms with E-state index in [1.165, 1.54) is 12.4 Å². The highest BCUT2D eigenvalue weighted by atomic mass is 35.5. The summed E-state index contributed by atoms with van der Waals surface area (Å²) in [5.41, 5.74) is 2.32. The molecule has 1 saturated heterocycles. The van der Waals surface area contributed by atoms with Gasteiger partial charge in [-0.15, -0.1) is 5.10 Å². The summed E-state index contributed by atoms with van der Waals surface area (Å²) in [4.78, 5) is 34.0. The molecule has 11 nitrogen and oxygen atoms in total. The van der Waals surface area contributed by atoms with Crippen LogP contribution in [0.3, 0.4) is 0 Å². The van der Waals surface area contributed by atoms with E-state index in [2.05, 4.69) is 36.6 Å². The molecule has 1 aliphatic heterocycles. The molecule has 3 aromatic heterocycles. The molecule has 12 heteroatoms. The third-order valence-corrected chi connectivity index (χ3v) is 7.87. The van der Waals surface area contributed by atoms with Crippen LogP contribution in [-0.2, 0) is 4.79 Å². The van der Waals surface area contributed by atoms with Gasteiger partial charge in [-0.2, -0.15) is 0 Å². The number of hydrogen-bond acceptors (Lipinski definition) is 8. The zero-order chi connectivity index (χ0) is 26.8. The van der Waals surface area contributed by atoms with E-state index in [1.807, 2.05) is 6.07 Å². The van der Waals surface area contributed by atoms with Gasteiger partial charge in [0.2, 0.25) is 5.91 Å². The fourth-order valence-electron chi connectivity index (χ4n) is 5.46. The zero-order valence-electron chi connectivity index (χ0n) is 21.8. The van der Waals surface area contributed by atoms with Crippen LogP contribution in [-0.4, -0.2) is 62.1 Å². The Balaban J connectivity index is 1.13. The highest BCUT2D eigenvalue weighted by Gasteiger charge is 2.27. The van der Waals surface area contributed by atoms with Crippen LogP contribution in [0.4, 0.5) is 17.2 Å². The molecule has 3 fully saturated rings. The van der Waals surface area contributed by atoms with E-state index in [0.29, 0.717) is 46.5 Å². The first-order valence-corrected chi connectivity index (χ1v) is 14.3. The summed E-state index contributed by atoms with van der Waals surface area (Å²) in [6, 6.07) is 6.42. The van der Waals surface area contributed by atoms with Crippen LogP contribution in [0.25, 0.3) is 5.65 Å². The number of rotatable bonds is 9. The maximum atomic E-state index is 13.1. The lowest BCUT2D eigenvalue weighted by Crippen LogP contribution is -2.42. The van der Waals surface area contributed by atoms with Crippen molar-refractivity contribution in [2.24, 2.45) is 0 Å². The van der Waals surface area contributed by atoms with E-state index >= 15 is 0 Å². The van der Waals surface area contributed by atoms with Crippen LogP contribution >= 0.6 is 11.6 Å². The normalized spacial score (nSPS) is 22.9. The van der Waals surface area contributed by atoms with E-state index < -0.39 is 0 Å². The van der Waals surface area contributed by atoms with Gasteiger partial charge in [-0.3, -0.25) is 9.59 Å². The lowest BCUT2D eigenvalue weighted by molar-refractivity contribution is -0.122. The van der Waals surface area contributed by atoms with Crippen LogP contribution in [0.1, 0.15) is 68.3 Å². The Hall–Kier alpha value is -3.44. The van der Waals surface area contributed by atoms with E-state index in [1.54, 1.807) is 16.6 Å². The van der Waals surface area contributed by atoms with Gasteiger partial charge in [0.25, 0.3) is 5.91 Å². The van der Waals surface area contributed by atoms with Crippen molar-refractivity contribution in [2.45, 2.75) is 82.0 Å². The lowest BCUT2D eigenvalue weighted by Gasteiger charge is -2.30. The predicted molar refractivity (Wildman–Crippen MR) is 150 cm³/mol. The third kappa shape index (κ3) is 6.42. The highest BCUT2D eigenvalue weighted by Crippen LogP contribution is 2.30. The van der Waals surface area contributed by atoms with Crippen molar-refractivity contribution >= 4 is 46.3 Å². The fourth-order valence-corrected chi connectivity index (χ4v) is 5.63. The third-order valence-electron chi connectivity index (χ3n) is 7.66. The SMILES string of the molecule is O=C(CC1CCCN1)NC1CCC(Nc2cc(NC3CC3)c3ncc(C(=O)Nc4ccnc(Cl)c4)n3n2)CC1. The Morgan fingerprint density at radius 2 is 1.77 bits per heavy atom. The number of pyridine rings is 1.